The van der Waals surface area contributed by atoms with E-state index in [4.69, 9.17) is 0 Å². The first kappa shape index (κ1) is 18.9. The zero-order chi connectivity index (χ0) is 18.4. The predicted octanol–water partition coefficient (Wildman–Crippen LogP) is 4.01. The summed E-state index contributed by atoms with van der Waals surface area (Å²) in [5, 5.41) is 13.6. The molecule has 0 heterocycles. The number of rotatable bonds is 7. The fourth-order valence-electron chi connectivity index (χ4n) is 2.20. The van der Waals surface area contributed by atoms with Crippen molar-refractivity contribution in [3.8, 4) is 0 Å². The van der Waals surface area contributed by atoms with E-state index in [1.54, 1.807) is 11.8 Å². The summed E-state index contributed by atoms with van der Waals surface area (Å²) in [6, 6.07) is 10.4. The first-order valence-corrected chi connectivity index (χ1v) is 8.90. The minimum absolute atomic E-state index is 0.0432. The van der Waals surface area contributed by atoms with Gasteiger partial charge in [0.1, 0.15) is 5.82 Å². The summed E-state index contributed by atoms with van der Waals surface area (Å²) in [5.41, 5.74) is 1.91. The maximum Gasteiger partial charge on any atom is 0.276 e. The molecule has 2 aromatic rings. The average Bonchev–Trinajstić information content (AvgIpc) is 2.58. The van der Waals surface area contributed by atoms with Crippen molar-refractivity contribution in [2.75, 3.05) is 12.3 Å². The van der Waals surface area contributed by atoms with E-state index in [-0.39, 0.29) is 16.8 Å². The number of nitro benzene ring substituents is 1. The van der Waals surface area contributed by atoms with Gasteiger partial charge in [0, 0.05) is 29.7 Å². The van der Waals surface area contributed by atoms with Gasteiger partial charge in [-0.25, -0.2) is 4.39 Å². The van der Waals surface area contributed by atoms with Crippen LogP contribution in [0.4, 0.5) is 10.1 Å². The fourth-order valence-corrected chi connectivity index (χ4v) is 3.02. The third-order valence-corrected chi connectivity index (χ3v) is 4.73. The summed E-state index contributed by atoms with van der Waals surface area (Å²) >= 11 is 1.67. The number of thioether (sulfide) groups is 1. The molecule has 5 nitrogen and oxygen atoms in total. The summed E-state index contributed by atoms with van der Waals surface area (Å²) in [6.45, 7) is 3.75. The van der Waals surface area contributed by atoms with Crippen molar-refractivity contribution in [3.05, 3.63) is 74.6 Å². The Hall–Kier alpha value is -2.41. The molecule has 0 bridgehead atoms. The Balaban J connectivity index is 1.84. The molecule has 0 saturated heterocycles. The Labute approximate surface area is 149 Å². The van der Waals surface area contributed by atoms with Gasteiger partial charge in [-0.2, -0.15) is 11.8 Å². The first-order chi connectivity index (χ1) is 11.9. The molecule has 0 aliphatic rings. The Morgan fingerprint density at radius 1 is 1.24 bits per heavy atom. The molecule has 0 radical (unpaired) electrons. The highest BCUT2D eigenvalue weighted by atomic mass is 32.2. The zero-order valence-electron chi connectivity index (χ0n) is 14.0. The lowest BCUT2D eigenvalue weighted by Gasteiger charge is -2.07. The van der Waals surface area contributed by atoms with Crippen LogP contribution in [0.15, 0.2) is 36.4 Å². The Morgan fingerprint density at radius 3 is 2.56 bits per heavy atom. The van der Waals surface area contributed by atoms with Gasteiger partial charge in [-0.1, -0.05) is 29.8 Å². The molecule has 0 fully saturated rings. The molecule has 0 unspecified atom stereocenters. The van der Waals surface area contributed by atoms with Crippen LogP contribution in [0, 0.1) is 29.8 Å². The molecular weight excluding hydrogens is 343 g/mol. The van der Waals surface area contributed by atoms with Crippen LogP contribution in [0.25, 0.3) is 0 Å². The summed E-state index contributed by atoms with van der Waals surface area (Å²) in [7, 11) is 0. The predicted molar refractivity (Wildman–Crippen MR) is 97.5 cm³/mol. The molecule has 1 N–H and O–H groups in total. The SMILES string of the molecule is Cc1ccc(CSCCNC(=O)c2cc(F)c(C)c([N+](=O)[O-])c2)cc1. The monoisotopic (exact) mass is 362 g/mol. The van der Waals surface area contributed by atoms with Crippen molar-refractivity contribution < 1.29 is 14.1 Å². The van der Waals surface area contributed by atoms with Crippen molar-refractivity contribution in [3.63, 3.8) is 0 Å². The van der Waals surface area contributed by atoms with Crippen LogP contribution >= 0.6 is 11.8 Å². The summed E-state index contributed by atoms with van der Waals surface area (Å²) < 4.78 is 13.7. The van der Waals surface area contributed by atoms with E-state index in [1.807, 2.05) is 6.92 Å². The molecule has 0 aliphatic carbocycles. The highest BCUT2D eigenvalue weighted by molar-refractivity contribution is 7.98. The number of benzene rings is 2. The maximum absolute atomic E-state index is 13.7. The second-order valence-corrected chi connectivity index (χ2v) is 6.76. The molecule has 2 aromatic carbocycles. The number of halogens is 1. The van der Waals surface area contributed by atoms with E-state index in [0.29, 0.717) is 12.3 Å². The number of aryl methyl sites for hydroxylation is 1. The second-order valence-electron chi connectivity index (χ2n) is 5.65. The maximum atomic E-state index is 13.7. The molecule has 25 heavy (non-hydrogen) atoms. The lowest BCUT2D eigenvalue weighted by Crippen LogP contribution is -2.26. The number of carbonyl (C=O) groups is 1. The highest BCUT2D eigenvalue weighted by Gasteiger charge is 2.19. The Morgan fingerprint density at radius 2 is 1.92 bits per heavy atom. The highest BCUT2D eigenvalue weighted by Crippen LogP contribution is 2.22. The molecule has 2 rings (SSSR count). The van der Waals surface area contributed by atoms with Crippen molar-refractivity contribution in [2.45, 2.75) is 19.6 Å². The molecule has 0 spiro atoms. The van der Waals surface area contributed by atoms with Crippen molar-refractivity contribution in [2.24, 2.45) is 0 Å². The van der Waals surface area contributed by atoms with Crippen LogP contribution in [-0.4, -0.2) is 23.1 Å². The van der Waals surface area contributed by atoms with Gasteiger partial charge in [0.05, 0.1) is 10.5 Å². The number of hydrogen-bond acceptors (Lipinski definition) is 4. The first-order valence-electron chi connectivity index (χ1n) is 7.74. The number of nitrogens with one attached hydrogen (secondary N) is 1. The summed E-state index contributed by atoms with van der Waals surface area (Å²) in [5.74, 6) is 0.252. The molecule has 0 saturated carbocycles. The number of hydrogen-bond donors (Lipinski definition) is 1. The van der Waals surface area contributed by atoms with Crippen molar-refractivity contribution in [1.82, 2.24) is 5.32 Å². The molecule has 132 valence electrons. The quantitative estimate of drug-likeness (QED) is 0.459. The third kappa shape index (κ3) is 5.29. The molecule has 0 aliphatic heterocycles. The van der Waals surface area contributed by atoms with E-state index in [9.17, 15) is 19.3 Å². The van der Waals surface area contributed by atoms with Crippen LogP contribution in [0.3, 0.4) is 0 Å². The number of nitrogens with zero attached hydrogens (tertiary/aromatic N) is 1. The molecule has 7 heteroatoms. The topological polar surface area (TPSA) is 72.2 Å². The van der Waals surface area contributed by atoms with Gasteiger partial charge in [-0.05, 0) is 25.5 Å². The minimum Gasteiger partial charge on any atom is -0.351 e. The average molecular weight is 362 g/mol. The molecular formula is C18H19FN2O3S. The van der Waals surface area contributed by atoms with Gasteiger partial charge in [-0.3, -0.25) is 14.9 Å². The molecule has 1 amide bonds. The van der Waals surface area contributed by atoms with E-state index in [0.717, 1.165) is 17.9 Å². The van der Waals surface area contributed by atoms with Crippen LogP contribution in [0.1, 0.15) is 27.0 Å². The molecule has 0 aromatic heterocycles. The Kier molecular flexibility index (Phi) is 6.52. The lowest BCUT2D eigenvalue weighted by atomic mass is 10.1. The van der Waals surface area contributed by atoms with Gasteiger partial charge in [0.25, 0.3) is 11.6 Å². The fraction of sp³-hybridized carbons (Fsp3) is 0.278. The van der Waals surface area contributed by atoms with Gasteiger partial charge in [-0.15, -0.1) is 0 Å². The van der Waals surface area contributed by atoms with E-state index in [2.05, 4.69) is 29.6 Å². The van der Waals surface area contributed by atoms with Gasteiger partial charge < -0.3 is 5.32 Å². The number of nitro groups is 1. The van der Waals surface area contributed by atoms with Crippen molar-refractivity contribution >= 4 is 23.4 Å². The minimum atomic E-state index is -0.756. The van der Waals surface area contributed by atoms with Gasteiger partial charge in [0.15, 0.2) is 0 Å². The normalized spacial score (nSPS) is 10.5. The third-order valence-electron chi connectivity index (χ3n) is 3.70. The standard InChI is InChI=1S/C18H19FN2O3S/c1-12-3-5-14(6-4-12)11-25-8-7-20-18(22)15-9-16(19)13(2)17(10-15)21(23)24/h3-6,9-10H,7-8,11H2,1-2H3,(H,20,22). The Bertz CT molecular complexity index is 779. The van der Waals surface area contributed by atoms with E-state index in [1.165, 1.54) is 18.1 Å². The molecule has 0 atom stereocenters. The van der Waals surface area contributed by atoms with Crippen LogP contribution in [0.2, 0.25) is 0 Å². The van der Waals surface area contributed by atoms with E-state index >= 15 is 0 Å². The van der Waals surface area contributed by atoms with Gasteiger partial charge >= 0.3 is 0 Å². The lowest BCUT2D eigenvalue weighted by molar-refractivity contribution is -0.385. The largest absolute Gasteiger partial charge is 0.351 e. The van der Waals surface area contributed by atoms with E-state index < -0.39 is 16.6 Å². The second kappa shape index (κ2) is 8.62. The number of carbonyl (C=O) groups excluding carboxylic acids is 1. The van der Waals surface area contributed by atoms with Gasteiger partial charge in [0.2, 0.25) is 0 Å². The summed E-state index contributed by atoms with van der Waals surface area (Å²) in [4.78, 5) is 22.3. The zero-order valence-corrected chi connectivity index (χ0v) is 14.9. The van der Waals surface area contributed by atoms with Crippen LogP contribution in [0.5, 0.6) is 0 Å². The number of amides is 1. The van der Waals surface area contributed by atoms with Crippen LogP contribution in [-0.2, 0) is 5.75 Å². The van der Waals surface area contributed by atoms with Crippen molar-refractivity contribution in [1.29, 1.82) is 0 Å². The van der Waals surface area contributed by atoms with Crippen LogP contribution < -0.4 is 5.32 Å². The summed E-state index contributed by atoms with van der Waals surface area (Å²) in [6.07, 6.45) is 0. The smallest absolute Gasteiger partial charge is 0.276 e.